The highest BCUT2D eigenvalue weighted by molar-refractivity contribution is 6.35. The Morgan fingerprint density at radius 2 is 2.29 bits per heavy atom. The Morgan fingerprint density at radius 3 is 3.04 bits per heavy atom. The predicted octanol–water partition coefficient (Wildman–Crippen LogP) is 2.43. The van der Waals surface area contributed by atoms with Crippen LogP contribution in [0.4, 0.5) is 5.69 Å². The summed E-state index contributed by atoms with van der Waals surface area (Å²) in [6, 6.07) is 5.38. The summed E-state index contributed by atoms with van der Waals surface area (Å²) in [5.41, 5.74) is 3.32. The zero-order chi connectivity index (χ0) is 17.3. The van der Waals surface area contributed by atoms with E-state index in [1.165, 1.54) is 4.90 Å². The second-order valence-electron chi connectivity index (χ2n) is 5.46. The van der Waals surface area contributed by atoms with Crippen molar-refractivity contribution in [2.75, 3.05) is 25.2 Å². The predicted molar refractivity (Wildman–Crippen MR) is 95.0 cm³/mol. The Balaban J connectivity index is 2.05. The molecule has 1 aromatic rings. The lowest BCUT2D eigenvalue weighted by atomic mass is 10.1. The molecule has 0 aromatic heterocycles. The van der Waals surface area contributed by atoms with E-state index < -0.39 is 0 Å². The third kappa shape index (κ3) is 2.82. The molecule has 0 saturated heterocycles. The largest absolute Gasteiger partial charge is 0.392 e. The van der Waals surface area contributed by atoms with Crippen molar-refractivity contribution in [1.82, 2.24) is 4.90 Å². The van der Waals surface area contributed by atoms with Crippen LogP contribution >= 0.6 is 11.6 Å². The minimum atomic E-state index is -0.166. The SMILES string of the molecule is C/C(C#CC1=NCN2C1=CN(C)C(=O)c1c(Cl)cccc12)=C\CO. The number of nitrogens with zero attached hydrogens (tertiary/aromatic N) is 3. The van der Waals surface area contributed by atoms with Crippen LogP contribution in [0.15, 0.2) is 46.7 Å². The summed E-state index contributed by atoms with van der Waals surface area (Å²) < 4.78 is 0. The third-order valence-corrected chi connectivity index (χ3v) is 4.13. The first-order valence-electron chi connectivity index (χ1n) is 7.42. The summed E-state index contributed by atoms with van der Waals surface area (Å²) in [7, 11) is 1.69. The maximum absolute atomic E-state index is 12.6. The Labute approximate surface area is 145 Å². The molecule has 3 rings (SSSR count). The van der Waals surface area contributed by atoms with Crippen LogP contribution in [-0.4, -0.2) is 41.9 Å². The lowest BCUT2D eigenvalue weighted by Crippen LogP contribution is -2.21. The maximum atomic E-state index is 12.6. The van der Waals surface area contributed by atoms with Crippen LogP contribution in [0.1, 0.15) is 17.3 Å². The Kier molecular flexibility index (Phi) is 4.43. The fourth-order valence-electron chi connectivity index (χ4n) is 2.58. The van der Waals surface area contributed by atoms with Gasteiger partial charge in [0.2, 0.25) is 0 Å². The number of benzene rings is 1. The van der Waals surface area contributed by atoms with Crippen molar-refractivity contribution in [2.24, 2.45) is 4.99 Å². The highest BCUT2D eigenvalue weighted by atomic mass is 35.5. The highest BCUT2D eigenvalue weighted by Gasteiger charge is 2.32. The van der Waals surface area contributed by atoms with Crippen LogP contribution in [0.2, 0.25) is 5.02 Å². The third-order valence-electron chi connectivity index (χ3n) is 3.81. The summed E-state index contributed by atoms with van der Waals surface area (Å²) in [5.74, 6) is 5.81. The number of halogens is 1. The molecule has 5 nitrogen and oxygen atoms in total. The molecule has 0 spiro atoms. The van der Waals surface area contributed by atoms with Crippen molar-refractivity contribution in [3.05, 3.63) is 52.3 Å². The molecule has 1 amide bonds. The van der Waals surface area contributed by atoms with Crippen LogP contribution in [-0.2, 0) is 0 Å². The van der Waals surface area contributed by atoms with Gasteiger partial charge in [0.1, 0.15) is 12.4 Å². The van der Waals surface area contributed by atoms with Crippen LogP contribution in [0.3, 0.4) is 0 Å². The van der Waals surface area contributed by atoms with Gasteiger partial charge in [-0.2, -0.15) is 0 Å². The summed E-state index contributed by atoms with van der Waals surface area (Å²) in [4.78, 5) is 20.5. The van der Waals surface area contributed by atoms with Crippen LogP contribution in [0.25, 0.3) is 0 Å². The Morgan fingerprint density at radius 1 is 1.50 bits per heavy atom. The first kappa shape index (κ1) is 16.3. The molecule has 1 N–H and O–H groups in total. The number of anilines is 1. The van der Waals surface area contributed by atoms with Crippen LogP contribution in [0.5, 0.6) is 0 Å². The molecular weight excluding hydrogens is 326 g/mol. The molecule has 6 heteroatoms. The second kappa shape index (κ2) is 6.52. The highest BCUT2D eigenvalue weighted by Crippen LogP contribution is 2.35. The van der Waals surface area contributed by atoms with Gasteiger partial charge in [-0.1, -0.05) is 23.6 Å². The number of rotatable bonds is 1. The summed E-state index contributed by atoms with van der Waals surface area (Å²) in [6.45, 7) is 2.15. The molecule has 2 aliphatic heterocycles. The zero-order valence-corrected chi connectivity index (χ0v) is 14.1. The van der Waals surface area contributed by atoms with Gasteiger partial charge in [0, 0.05) is 13.2 Å². The second-order valence-corrected chi connectivity index (χ2v) is 5.87. The summed E-state index contributed by atoms with van der Waals surface area (Å²) in [5, 5.41) is 9.32. The molecule has 0 radical (unpaired) electrons. The van der Waals surface area contributed by atoms with Gasteiger partial charge in [-0.05, 0) is 36.6 Å². The van der Waals surface area contributed by atoms with E-state index in [2.05, 4.69) is 16.8 Å². The molecule has 24 heavy (non-hydrogen) atoms. The number of carbonyl (C=O) groups is 1. The smallest absolute Gasteiger partial charge is 0.261 e. The van der Waals surface area contributed by atoms with Gasteiger partial charge < -0.3 is 14.9 Å². The van der Waals surface area contributed by atoms with E-state index in [0.29, 0.717) is 23.0 Å². The van der Waals surface area contributed by atoms with E-state index in [4.69, 9.17) is 16.7 Å². The van der Waals surface area contributed by atoms with E-state index in [0.717, 1.165) is 17.0 Å². The Bertz CT molecular complexity index is 859. The van der Waals surface area contributed by atoms with Crippen molar-refractivity contribution in [1.29, 1.82) is 0 Å². The van der Waals surface area contributed by atoms with Gasteiger partial charge >= 0.3 is 0 Å². The minimum Gasteiger partial charge on any atom is -0.392 e. The number of allylic oxidation sites excluding steroid dienone is 2. The molecule has 122 valence electrons. The van der Waals surface area contributed by atoms with Gasteiger partial charge in [-0.3, -0.25) is 9.79 Å². The average molecular weight is 342 g/mol. The van der Waals surface area contributed by atoms with E-state index in [-0.39, 0.29) is 12.5 Å². The monoisotopic (exact) mass is 341 g/mol. The number of aliphatic imine (C=N–C) groups is 1. The molecule has 0 aliphatic carbocycles. The number of fused-ring (bicyclic) bond motifs is 3. The summed E-state index contributed by atoms with van der Waals surface area (Å²) in [6.07, 6.45) is 3.36. The maximum Gasteiger partial charge on any atom is 0.261 e. The van der Waals surface area contributed by atoms with Gasteiger partial charge in [-0.15, -0.1) is 0 Å². The van der Waals surface area contributed by atoms with E-state index in [1.54, 1.807) is 25.4 Å². The van der Waals surface area contributed by atoms with Crippen molar-refractivity contribution in [3.63, 3.8) is 0 Å². The zero-order valence-electron chi connectivity index (χ0n) is 13.4. The molecule has 2 aliphatic rings. The van der Waals surface area contributed by atoms with Gasteiger partial charge in [0.15, 0.2) is 0 Å². The van der Waals surface area contributed by atoms with Crippen molar-refractivity contribution in [2.45, 2.75) is 6.92 Å². The number of aliphatic hydroxyl groups is 1. The molecule has 0 atom stereocenters. The number of hydrogen-bond donors (Lipinski definition) is 1. The molecule has 0 bridgehead atoms. The average Bonchev–Trinajstić information content (AvgIpc) is 2.90. The van der Waals surface area contributed by atoms with Crippen LogP contribution in [0, 0.1) is 11.8 Å². The van der Waals surface area contributed by atoms with E-state index in [1.807, 2.05) is 24.0 Å². The number of amides is 1. The molecular formula is C18H16ClN3O2. The lowest BCUT2D eigenvalue weighted by Gasteiger charge is -2.19. The minimum absolute atomic E-state index is 0.0507. The normalized spacial score (nSPS) is 16.7. The van der Waals surface area contributed by atoms with E-state index in [9.17, 15) is 4.79 Å². The van der Waals surface area contributed by atoms with Crippen molar-refractivity contribution in [3.8, 4) is 11.8 Å². The van der Waals surface area contributed by atoms with Gasteiger partial charge in [0.25, 0.3) is 5.91 Å². The van der Waals surface area contributed by atoms with E-state index >= 15 is 0 Å². The molecule has 2 heterocycles. The van der Waals surface area contributed by atoms with Crippen molar-refractivity contribution >= 4 is 28.9 Å². The quantitative estimate of drug-likeness (QED) is 0.798. The van der Waals surface area contributed by atoms with Crippen LogP contribution < -0.4 is 4.90 Å². The molecule has 0 fully saturated rings. The first-order chi connectivity index (χ1) is 11.5. The van der Waals surface area contributed by atoms with Gasteiger partial charge in [0.05, 0.1) is 28.6 Å². The van der Waals surface area contributed by atoms with Gasteiger partial charge in [-0.25, -0.2) is 0 Å². The topological polar surface area (TPSA) is 56.1 Å². The standard InChI is InChI=1S/C18H16ClN3O2/c1-12(8-9-23)6-7-14-16-10-21(2)18(24)17-13(19)4-3-5-15(17)22(16)11-20-14/h3-5,8,10,23H,9,11H2,1-2H3/b12-8+. The molecule has 0 unspecified atom stereocenters. The molecule has 1 aromatic carbocycles. The fourth-order valence-corrected chi connectivity index (χ4v) is 2.83. The Hall–Kier alpha value is -2.55. The number of carbonyl (C=O) groups excluding carboxylic acids is 1. The number of aliphatic hydroxyl groups excluding tert-OH is 1. The van der Waals surface area contributed by atoms with Crippen molar-refractivity contribution < 1.29 is 9.90 Å². The number of hydrogen-bond acceptors (Lipinski definition) is 4. The summed E-state index contributed by atoms with van der Waals surface area (Å²) >= 11 is 6.25. The first-order valence-corrected chi connectivity index (χ1v) is 7.80. The fraction of sp³-hybridized carbons (Fsp3) is 0.222. The lowest BCUT2D eigenvalue weighted by molar-refractivity contribution is 0.0852. The molecule has 0 saturated carbocycles.